The molecule has 1 aromatic heterocycles. The largest absolute Gasteiger partial charge is 0.351 e. The summed E-state index contributed by atoms with van der Waals surface area (Å²) in [6, 6.07) is 3.54. The molecule has 0 aliphatic rings. The van der Waals surface area contributed by atoms with Crippen molar-refractivity contribution < 1.29 is 4.79 Å². The highest BCUT2D eigenvalue weighted by atomic mass is 16.2. The average molecular weight is 221 g/mol. The van der Waals surface area contributed by atoms with E-state index in [1.54, 1.807) is 13.2 Å². The fraction of sp³-hybridized carbons (Fsp3) is 0.500. The lowest BCUT2D eigenvalue weighted by Gasteiger charge is -2.18. The molecule has 4 nitrogen and oxygen atoms in total. The van der Waals surface area contributed by atoms with E-state index in [4.69, 9.17) is 5.73 Å². The molecular weight excluding hydrogens is 202 g/mol. The van der Waals surface area contributed by atoms with Gasteiger partial charge >= 0.3 is 6.03 Å². The van der Waals surface area contributed by atoms with Crippen LogP contribution in [0.15, 0.2) is 18.3 Å². The smallest absolute Gasteiger partial charge is 0.314 e. The molecule has 2 amide bonds. The monoisotopic (exact) mass is 221 g/mol. The van der Waals surface area contributed by atoms with Crippen LogP contribution < -0.4 is 5.73 Å². The normalized spacial score (nSPS) is 11.2. The van der Waals surface area contributed by atoms with Crippen LogP contribution in [-0.2, 0) is 12.0 Å². The zero-order chi connectivity index (χ0) is 12.3. The Morgan fingerprint density at radius 3 is 2.44 bits per heavy atom. The second kappa shape index (κ2) is 4.51. The summed E-state index contributed by atoms with van der Waals surface area (Å²) in [4.78, 5) is 16.7. The highest BCUT2D eigenvalue weighted by Gasteiger charge is 2.15. The molecular formula is C12H19N3O. The number of nitrogens with zero attached hydrogens (tertiary/aromatic N) is 2. The number of carbonyl (C=O) groups is 1. The minimum atomic E-state index is -0.431. The summed E-state index contributed by atoms with van der Waals surface area (Å²) in [6.45, 7) is 6.84. The second-order valence-corrected chi connectivity index (χ2v) is 5.00. The Labute approximate surface area is 96.5 Å². The molecule has 0 aliphatic heterocycles. The molecule has 0 radical (unpaired) electrons. The maximum atomic E-state index is 10.9. The van der Waals surface area contributed by atoms with E-state index in [-0.39, 0.29) is 5.41 Å². The highest BCUT2D eigenvalue weighted by Crippen LogP contribution is 2.19. The van der Waals surface area contributed by atoms with Gasteiger partial charge in [0.05, 0.1) is 0 Å². The summed E-state index contributed by atoms with van der Waals surface area (Å²) in [7, 11) is 1.67. The number of hydrogen-bond acceptors (Lipinski definition) is 2. The third-order valence-corrected chi connectivity index (χ3v) is 2.39. The van der Waals surface area contributed by atoms with Crippen LogP contribution in [0.3, 0.4) is 0 Å². The Balaban J connectivity index is 2.76. The Morgan fingerprint density at radius 2 is 2.06 bits per heavy atom. The molecule has 0 saturated carbocycles. The first kappa shape index (κ1) is 12.5. The standard InChI is InChI=1S/C12H19N3O/c1-12(2,3)10-6-5-9(7-14-10)8-15(4)11(13)16/h5-7H,8H2,1-4H3,(H2,13,16). The lowest BCUT2D eigenvalue weighted by molar-refractivity contribution is 0.216. The first-order valence-corrected chi connectivity index (χ1v) is 5.26. The molecule has 0 spiro atoms. The molecule has 2 N–H and O–H groups in total. The van der Waals surface area contributed by atoms with E-state index >= 15 is 0 Å². The highest BCUT2D eigenvalue weighted by molar-refractivity contribution is 5.71. The van der Waals surface area contributed by atoms with Gasteiger partial charge < -0.3 is 10.6 Å². The molecule has 88 valence electrons. The molecule has 0 atom stereocenters. The van der Waals surface area contributed by atoms with Gasteiger partial charge in [0.15, 0.2) is 0 Å². The van der Waals surface area contributed by atoms with Crippen molar-refractivity contribution in [3.63, 3.8) is 0 Å². The molecule has 0 aromatic carbocycles. The van der Waals surface area contributed by atoms with Crippen molar-refractivity contribution in [3.05, 3.63) is 29.6 Å². The van der Waals surface area contributed by atoms with E-state index in [1.165, 1.54) is 4.90 Å². The minimum Gasteiger partial charge on any atom is -0.351 e. The quantitative estimate of drug-likeness (QED) is 0.829. The van der Waals surface area contributed by atoms with Gasteiger partial charge in [-0.1, -0.05) is 26.8 Å². The summed E-state index contributed by atoms with van der Waals surface area (Å²) in [5.41, 5.74) is 7.22. The van der Waals surface area contributed by atoms with E-state index in [2.05, 4.69) is 25.8 Å². The van der Waals surface area contributed by atoms with Crippen LogP contribution in [0.5, 0.6) is 0 Å². The van der Waals surface area contributed by atoms with Crippen molar-refractivity contribution in [2.24, 2.45) is 5.73 Å². The third kappa shape index (κ3) is 3.22. The van der Waals surface area contributed by atoms with E-state index in [0.717, 1.165) is 11.3 Å². The van der Waals surface area contributed by atoms with Crippen molar-refractivity contribution in [2.75, 3.05) is 7.05 Å². The number of nitrogens with two attached hydrogens (primary N) is 1. The molecule has 0 aliphatic carbocycles. The van der Waals surface area contributed by atoms with Crippen molar-refractivity contribution in [3.8, 4) is 0 Å². The van der Waals surface area contributed by atoms with Crippen LogP contribution in [0.25, 0.3) is 0 Å². The molecule has 16 heavy (non-hydrogen) atoms. The first-order valence-electron chi connectivity index (χ1n) is 5.26. The van der Waals surface area contributed by atoms with Gasteiger partial charge in [0.2, 0.25) is 0 Å². The van der Waals surface area contributed by atoms with Gasteiger partial charge in [-0.25, -0.2) is 4.79 Å². The summed E-state index contributed by atoms with van der Waals surface area (Å²) >= 11 is 0. The first-order chi connectivity index (χ1) is 7.30. The van der Waals surface area contributed by atoms with Crippen LogP contribution >= 0.6 is 0 Å². The molecule has 0 saturated heterocycles. The van der Waals surface area contributed by atoms with Crippen molar-refractivity contribution in [2.45, 2.75) is 32.7 Å². The lowest BCUT2D eigenvalue weighted by atomic mass is 9.91. The Morgan fingerprint density at radius 1 is 1.44 bits per heavy atom. The van der Waals surface area contributed by atoms with E-state index < -0.39 is 6.03 Å². The predicted molar refractivity (Wildman–Crippen MR) is 64.0 cm³/mol. The van der Waals surface area contributed by atoms with Gasteiger partial charge in [0, 0.05) is 30.9 Å². The van der Waals surface area contributed by atoms with Crippen LogP contribution in [0.4, 0.5) is 4.79 Å². The second-order valence-electron chi connectivity index (χ2n) is 5.00. The summed E-state index contributed by atoms with van der Waals surface area (Å²) in [5.74, 6) is 0. The lowest BCUT2D eigenvalue weighted by Crippen LogP contribution is -2.31. The third-order valence-electron chi connectivity index (χ3n) is 2.39. The summed E-state index contributed by atoms with van der Waals surface area (Å²) < 4.78 is 0. The van der Waals surface area contributed by atoms with Crippen molar-refractivity contribution >= 4 is 6.03 Å². The summed E-state index contributed by atoms with van der Waals surface area (Å²) in [6.07, 6.45) is 1.79. The Kier molecular flexibility index (Phi) is 3.52. The zero-order valence-electron chi connectivity index (χ0n) is 10.3. The molecule has 4 heteroatoms. The van der Waals surface area contributed by atoms with Crippen LogP contribution in [0.2, 0.25) is 0 Å². The van der Waals surface area contributed by atoms with Gasteiger partial charge in [-0.05, 0) is 11.6 Å². The van der Waals surface area contributed by atoms with Gasteiger partial charge in [-0.2, -0.15) is 0 Å². The fourth-order valence-corrected chi connectivity index (χ4v) is 1.31. The number of aromatic nitrogens is 1. The molecule has 1 aromatic rings. The Hall–Kier alpha value is -1.58. The predicted octanol–water partition coefficient (Wildman–Crippen LogP) is 1.89. The van der Waals surface area contributed by atoms with Gasteiger partial charge in [0.1, 0.15) is 0 Å². The molecule has 0 unspecified atom stereocenters. The molecule has 1 rings (SSSR count). The number of urea groups is 1. The van der Waals surface area contributed by atoms with Gasteiger partial charge in [-0.15, -0.1) is 0 Å². The molecule has 0 bridgehead atoms. The number of carbonyl (C=O) groups excluding carboxylic acids is 1. The number of amides is 2. The van der Waals surface area contributed by atoms with E-state index in [9.17, 15) is 4.79 Å². The maximum Gasteiger partial charge on any atom is 0.314 e. The minimum absolute atomic E-state index is 0.0497. The van der Waals surface area contributed by atoms with Crippen LogP contribution in [0, 0.1) is 0 Å². The fourth-order valence-electron chi connectivity index (χ4n) is 1.31. The van der Waals surface area contributed by atoms with Crippen molar-refractivity contribution in [1.82, 2.24) is 9.88 Å². The molecule has 1 heterocycles. The zero-order valence-corrected chi connectivity index (χ0v) is 10.3. The van der Waals surface area contributed by atoms with Gasteiger partial charge in [-0.3, -0.25) is 4.98 Å². The SMILES string of the molecule is CN(Cc1ccc(C(C)(C)C)nc1)C(N)=O. The van der Waals surface area contributed by atoms with Crippen molar-refractivity contribution in [1.29, 1.82) is 0 Å². The average Bonchev–Trinajstić information content (AvgIpc) is 2.17. The number of hydrogen-bond donors (Lipinski definition) is 1. The van der Waals surface area contributed by atoms with E-state index in [1.807, 2.05) is 12.1 Å². The van der Waals surface area contributed by atoms with Crippen LogP contribution in [-0.4, -0.2) is 23.0 Å². The number of pyridine rings is 1. The topological polar surface area (TPSA) is 59.2 Å². The summed E-state index contributed by atoms with van der Waals surface area (Å²) in [5, 5.41) is 0. The molecule has 0 fully saturated rings. The van der Waals surface area contributed by atoms with Crippen LogP contribution in [0.1, 0.15) is 32.0 Å². The maximum absolute atomic E-state index is 10.9. The van der Waals surface area contributed by atoms with Gasteiger partial charge in [0.25, 0.3) is 0 Å². The Bertz CT molecular complexity index is 365. The number of primary amides is 1. The number of rotatable bonds is 2. The van der Waals surface area contributed by atoms with E-state index in [0.29, 0.717) is 6.54 Å².